The Balaban J connectivity index is 1.29. The number of aliphatic hydroxyl groups is 2. The molecule has 266 valence electrons. The van der Waals surface area contributed by atoms with E-state index < -0.39 is 71.8 Å². The van der Waals surface area contributed by atoms with E-state index >= 15 is 0 Å². The smallest absolute Gasteiger partial charge is 0.418 e. The maximum absolute atomic E-state index is 13.7. The molecule has 6 rings (SSSR count). The van der Waals surface area contributed by atoms with Gasteiger partial charge < -0.3 is 38.9 Å². The molecule has 49 heavy (non-hydrogen) atoms. The number of carbonyl (C=O) groups excluding carboxylic acids is 3. The number of ether oxygens (including phenoxy) is 5. The van der Waals surface area contributed by atoms with Crippen LogP contribution in [0.15, 0.2) is 54.4 Å². The summed E-state index contributed by atoms with van der Waals surface area (Å²) >= 11 is 0. The van der Waals surface area contributed by atoms with Crippen LogP contribution in [0.25, 0.3) is 11.3 Å². The molecule has 12 atom stereocenters. The average molecular weight is 681 g/mol. The number of nitrogens with one attached hydrogen (secondary N) is 1. The van der Waals surface area contributed by atoms with Gasteiger partial charge in [-0.1, -0.05) is 32.1 Å². The van der Waals surface area contributed by atoms with Crippen molar-refractivity contribution in [2.75, 3.05) is 7.11 Å². The number of rotatable bonds is 5. The number of H-pyrrole nitrogens is 1. The van der Waals surface area contributed by atoms with Gasteiger partial charge in [0.1, 0.15) is 35.2 Å². The van der Waals surface area contributed by atoms with Crippen LogP contribution in [0.4, 0.5) is 4.79 Å². The number of hydrogen-bond acceptors (Lipinski definition) is 10. The number of aromatic nitrogens is 2. The standard InChI is InChI=1S/C37H48N2O10/c1-18-14-19(2)37-23(16-27(45-8)34(43)46-30(18)21(4)40)11-12-24-28(37)29(41)20(3)31(32(24)48-37)47-33(42)25-15-22(17-38-25)26-10-9-13-39(26)35(44)49-36(5,6)7/h9-15,17-18,20-21,23-24,27-32,38,40-41H,16H2,1-8H3/b19-14+/t18-,20-,21?,23?,24-,27+,28+,29-,30+,31-,32-,37+/m1/s1. The number of methoxy groups -OCH3 is 1. The predicted molar refractivity (Wildman–Crippen MR) is 177 cm³/mol. The van der Waals surface area contributed by atoms with Crippen molar-refractivity contribution >= 4 is 18.0 Å². The van der Waals surface area contributed by atoms with Gasteiger partial charge in [-0.15, -0.1) is 0 Å². The van der Waals surface area contributed by atoms with Gasteiger partial charge in [-0.05, 0) is 64.8 Å². The fourth-order valence-corrected chi connectivity index (χ4v) is 8.43. The molecule has 2 fully saturated rings. The highest BCUT2D eigenvalue weighted by Gasteiger charge is 2.69. The van der Waals surface area contributed by atoms with Crippen molar-refractivity contribution in [1.29, 1.82) is 0 Å². The van der Waals surface area contributed by atoms with Gasteiger partial charge in [-0.3, -0.25) is 4.57 Å². The number of esters is 2. The van der Waals surface area contributed by atoms with Gasteiger partial charge >= 0.3 is 18.0 Å². The van der Waals surface area contributed by atoms with E-state index in [0.29, 0.717) is 11.3 Å². The Bertz CT molecular complexity index is 1650. The summed E-state index contributed by atoms with van der Waals surface area (Å²) in [5, 5.41) is 22.5. The largest absolute Gasteiger partial charge is 0.457 e. The van der Waals surface area contributed by atoms with E-state index in [2.05, 4.69) is 4.98 Å². The second-order valence-corrected chi connectivity index (χ2v) is 15.0. The zero-order valence-electron chi connectivity index (χ0n) is 29.3. The third-order valence-electron chi connectivity index (χ3n) is 10.7. The van der Waals surface area contributed by atoms with Crippen molar-refractivity contribution in [2.24, 2.45) is 29.6 Å². The Kier molecular flexibility index (Phi) is 9.23. The number of nitrogens with zero attached hydrogens (tertiary/aromatic N) is 1. The van der Waals surface area contributed by atoms with E-state index in [1.807, 2.05) is 39.0 Å². The molecular weight excluding hydrogens is 632 g/mol. The Morgan fingerprint density at radius 3 is 2.61 bits per heavy atom. The van der Waals surface area contributed by atoms with Crippen molar-refractivity contribution < 1.29 is 48.3 Å². The normalized spacial score (nSPS) is 37.3. The molecule has 2 unspecified atom stereocenters. The van der Waals surface area contributed by atoms with Gasteiger partial charge in [0.15, 0.2) is 6.10 Å². The summed E-state index contributed by atoms with van der Waals surface area (Å²) < 4.78 is 31.5. The summed E-state index contributed by atoms with van der Waals surface area (Å²) in [6.07, 6.45) is 3.98. The molecule has 0 radical (unpaired) electrons. The topological polar surface area (TPSA) is 159 Å². The van der Waals surface area contributed by atoms with Crippen molar-refractivity contribution in [3.8, 4) is 11.3 Å². The van der Waals surface area contributed by atoms with Crippen LogP contribution in [0, 0.1) is 29.6 Å². The van der Waals surface area contributed by atoms with Gasteiger partial charge in [0.2, 0.25) is 0 Å². The minimum atomic E-state index is -1.02. The predicted octanol–water partition coefficient (Wildman–Crippen LogP) is 4.65. The van der Waals surface area contributed by atoms with Crippen LogP contribution in [0.2, 0.25) is 0 Å². The lowest BCUT2D eigenvalue weighted by Crippen LogP contribution is -2.57. The summed E-state index contributed by atoms with van der Waals surface area (Å²) in [5.74, 6) is -3.04. The van der Waals surface area contributed by atoms with Gasteiger partial charge in [0, 0.05) is 54.7 Å². The van der Waals surface area contributed by atoms with E-state index in [4.69, 9.17) is 23.7 Å². The number of carbonyl (C=O) groups is 3. The molecule has 12 nitrogen and oxygen atoms in total. The molecule has 3 N–H and O–H groups in total. The Hall–Kier alpha value is -3.71. The summed E-state index contributed by atoms with van der Waals surface area (Å²) in [5.41, 5.74) is 0.469. The molecule has 1 saturated heterocycles. The molecule has 4 bridgehead atoms. The van der Waals surface area contributed by atoms with E-state index in [-0.39, 0.29) is 35.8 Å². The maximum atomic E-state index is 13.7. The second-order valence-electron chi connectivity index (χ2n) is 15.0. The lowest BCUT2D eigenvalue weighted by molar-refractivity contribution is -0.172. The molecule has 1 saturated carbocycles. The van der Waals surface area contributed by atoms with Crippen LogP contribution in [0.5, 0.6) is 0 Å². The minimum absolute atomic E-state index is 0.178. The molecule has 4 aliphatic rings. The molecular formula is C37H48N2O10. The van der Waals surface area contributed by atoms with Crippen LogP contribution in [-0.4, -0.2) is 92.7 Å². The Morgan fingerprint density at radius 2 is 1.94 bits per heavy atom. The number of hydrogen-bond donors (Lipinski definition) is 3. The van der Waals surface area contributed by atoms with Crippen molar-refractivity contribution in [1.82, 2.24) is 9.55 Å². The number of aromatic amines is 1. The van der Waals surface area contributed by atoms with Gasteiger partial charge in [-0.2, -0.15) is 0 Å². The van der Waals surface area contributed by atoms with Crippen LogP contribution in [0.1, 0.15) is 65.4 Å². The lowest BCUT2D eigenvalue weighted by Gasteiger charge is -2.48. The van der Waals surface area contributed by atoms with Gasteiger partial charge in [0.25, 0.3) is 0 Å². The highest BCUT2D eigenvalue weighted by atomic mass is 16.6. The lowest BCUT2D eigenvalue weighted by atomic mass is 9.57. The SMILES string of the molecule is CO[C@H]1CC2C=C[C@H]3[C@H]4O[C@]2(/C(C)=C/[C@@H](C)[C@@H](C(C)O)OC1=O)[C@@H]3[C@H](O)[C@@H](C)[C@H]4OC(=O)c1cc(-c2cccn2C(=O)OC(C)(C)C)c[nH]1. The number of aliphatic hydroxyl groups excluding tert-OH is 2. The summed E-state index contributed by atoms with van der Waals surface area (Å²) in [4.78, 5) is 42.7. The van der Waals surface area contributed by atoms with Gasteiger partial charge in [-0.25, -0.2) is 14.4 Å². The van der Waals surface area contributed by atoms with Gasteiger partial charge in [0.05, 0.1) is 17.9 Å². The van der Waals surface area contributed by atoms with E-state index in [1.165, 1.54) is 11.7 Å². The molecule has 1 spiro atoms. The third-order valence-corrected chi connectivity index (χ3v) is 10.7. The molecule has 4 heterocycles. The fraction of sp³-hybridized carbons (Fsp3) is 0.595. The number of cyclic esters (lactones) is 1. The summed E-state index contributed by atoms with van der Waals surface area (Å²) in [6.45, 7) is 12.6. The summed E-state index contributed by atoms with van der Waals surface area (Å²) in [7, 11) is 1.45. The highest BCUT2D eigenvalue weighted by Crippen LogP contribution is 2.61. The third kappa shape index (κ3) is 6.06. The molecule has 2 aliphatic carbocycles. The molecule has 0 aromatic carbocycles. The fourth-order valence-electron chi connectivity index (χ4n) is 8.43. The first kappa shape index (κ1) is 35.1. The van der Waals surface area contributed by atoms with Crippen molar-refractivity contribution in [2.45, 2.75) is 103 Å². The average Bonchev–Trinajstić information content (AvgIpc) is 3.75. The van der Waals surface area contributed by atoms with E-state index in [0.717, 1.165) is 5.57 Å². The first-order chi connectivity index (χ1) is 23.1. The van der Waals surface area contributed by atoms with E-state index in [1.54, 1.807) is 58.3 Å². The Labute approximate surface area is 286 Å². The highest BCUT2D eigenvalue weighted by molar-refractivity contribution is 5.90. The van der Waals surface area contributed by atoms with Crippen LogP contribution in [0.3, 0.4) is 0 Å². The summed E-state index contributed by atoms with van der Waals surface area (Å²) in [6, 6.07) is 5.09. The first-order valence-electron chi connectivity index (χ1n) is 17.0. The second kappa shape index (κ2) is 12.9. The molecule has 2 aliphatic heterocycles. The van der Waals surface area contributed by atoms with Crippen LogP contribution >= 0.6 is 0 Å². The quantitative estimate of drug-likeness (QED) is 0.231. The van der Waals surface area contributed by atoms with Crippen LogP contribution in [-0.2, 0) is 28.5 Å². The van der Waals surface area contributed by atoms with Crippen molar-refractivity contribution in [3.05, 3.63) is 60.1 Å². The first-order valence-corrected chi connectivity index (χ1v) is 17.0. The maximum Gasteiger partial charge on any atom is 0.418 e. The molecule has 2 aromatic heterocycles. The molecule has 2 aromatic rings. The van der Waals surface area contributed by atoms with E-state index in [9.17, 15) is 24.6 Å². The zero-order valence-corrected chi connectivity index (χ0v) is 29.3. The zero-order chi connectivity index (χ0) is 35.6. The minimum Gasteiger partial charge on any atom is -0.457 e. The van der Waals surface area contributed by atoms with Crippen molar-refractivity contribution in [3.63, 3.8) is 0 Å². The van der Waals surface area contributed by atoms with Crippen LogP contribution < -0.4 is 0 Å². The molecule has 12 heteroatoms. The monoisotopic (exact) mass is 680 g/mol. The Morgan fingerprint density at radius 1 is 1.20 bits per heavy atom. The molecule has 0 amide bonds.